The van der Waals surface area contributed by atoms with Crippen LogP contribution in [0.4, 0.5) is 0 Å². The van der Waals surface area contributed by atoms with E-state index in [0.29, 0.717) is 6.42 Å². The van der Waals surface area contributed by atoms with Gasteiger partial charge in [-0.05, 0) is 49.6 Å². The minimum absolute atomic E-state index is 0.00324. The summed E-state index contributed by atoms with van der Waals surface area (Å²) in [5.41, 5.74) is 0.721. The molecule has 1 saturated heterocycles. The summed E-state index contributed by atoms with van der Waals surface area (Å²) < 4.78 is 4.01. The van der Waals surface area contributed by atoms with Crippen LogP contribution in [0.1, 0.15) is 43.0 Å². The maximum absolute atomic E-state index is 12.8. The van der Waals surface area contributed by atoms with E-state index in [1.807, 2.05) is 42.5 Å². The molecule has 1 N–H and O–H groups in total. The number of carbonyl (C=O) groups is 2. The van der Waals surface area contributed by atoms with Crippen LogP contribution in [0.15, 0.2) is 42.5 Å². The average molecular weight is 451 g/mol. The van der Waals surface area contributed by atoms with Gasteiger partial charge in [-0.25, -0.2) is 0 Å². The molecule has 0 atom stereocenters. The van der Waals surface area contributed by atoms with Gasteiger partial charge >= 0.3 is 5.97 Å². The number of halogens is 2. The van der Waals surface area contributed by atoms with Crippen molar-refractivity contribution in [3.63, 3.8) is 0 Å². The molecule has 1 heterocycles. The van der Waals surface area contributed by atoms with Gasteiger partial charge in [0.05, 0.1) is 0 Å². The van der Waals surface area contributed by atoms with E-state index < -0.39 is 4.33 Å². The number of ether oxygens (including phenoxy) is 1. The van der Waals surface area contributed by atoms with E-state index in [1.54, 1.807) is 6.92 Å². The number of benzene rings is 2. The molecule has 1 aliphatic heterocycles. The van der Waals surface area contributed by atoms with E-state index in [9.17, 15) is 9.59 Å². The van der Waals surface area contributed by atoms with E-state index in [-0.39, 0.29) is 24.5 Å². The minimum Gasteiger partial charge on any atom is -0.462 e. The Bertz CT molecular complexity index is 869. The Hall–Kier alpha value is -1.82. The predicted molar refractivity (Wildman–Crippen MR) is 121 cm³/mol. The molecule has 2 aromatic carbocycles. The molecule has 0 radical (unpaired) electrons. The largest absolute Gasteiger partial charge is 0.462 e. The molecule has 30 heavy (non-hydrogen) atoms. The molecular formula is C23H28Cl2N2O3. The summed E-state index contributed by atoms with van der Waals surface area (Å²) in [6.07, 6.45) is 2.88. The number of esters is 1. The van der Waals surface area contributed by atoms with Crippen LogP contribution in [-0.4, -0.2) is 53.4 Å². The van der Waals surface area contributed by atoms with E-state index in [0.717, 1.165) is 55.2 Å². The zero-order valence-corrected chi connectivity index (χ0v) is 18.7. The van der Waals surface area contributed by atoms with E-state index in [4.69, 9.17) is 27.9 Å². The lowest BCUT2D eigenvalue weighted by molar-refractivity contribution is -0.144. The molecule has 1 aliphatic rings. The molecule has 162 valence electrons. The van der Waals surface area contributed by atoms with Gasteiger partial charge < -0.3 is 15.0 Å². The smallest absolute Gasteiger partial charge is 0.305 e. The number of rotatable bonds is 8. The van der Waals surface area contributed by atoms with Gasteiger partial charge in [-0.2, -0.15) is 0 Å². The highest BCUT2D eigenvalue weighted by molar-refractivity contribution is 6.48. The topological polar surface area (TPSA) is 58.6 Å². The molecule has 1 fully saturated rings. The van der Waals surface area contributed by atoms with Gasteiger partial charge in [-0.15, -0.1) is 0 Å². The number of likely N-dealkylation sites (tertiary alicyclic amines) is 1. The van der Waals surface area contributed by atoms with Gasteiger partial charge in [0.15, 0.2) is 0 Å². The fourth-order valence-corrected chi connectivity index (χ4v) is 3.82. The third-order valence-electron chi connectivity index (χ3n) is 5.30. The maximum Gasteiger partial charge on any atom is 0.305 e. The first-order valence-corrected chi connectivity index (χ1v) is 11.1. The van der Waals surface area contributed by atoms with Gasteiger partial charge in [0.1, 0.15) is 10.9 Å². The summed E-state index contributed by atoms with van der Waals surface area (Å²) in [6, 6.07) is 13.9. The first-order chi connectivity index (χ1) is 14.3. The van der Waals surface area contributed by atoms with Crippen molar-refractivity contribution in [3.8, 4) is 0 Å². The van der Waals surface area contributed by atoms with Crippen LogP contribution in [0, 0.1) is 0 Å². The van der Waals surface area contributed by atoms with Gasteiger partial charge in [-0.1, -0.05) is 59.6 Å². The number of alkyl halides is 2. The molecule has 0 spiro atoms. The van der Waals surface area contributed by atoms with Crippen LogP contribution in [0.3, 0.4) is 0 Å². The van der Waals surface area contributed by atoms with Crippen LogP contribution >= 0.6 is 23.2 Å². The lowest BCUT2D eigenvalue weighted by Gasteiger charge is -2.32. The molecule has 7 heteroatoms. The predicted octanol–water partition coefficient (Wildman–Crippen LogP) is 4.55. The number of hydrogen-bond donors (Lipinski definition) is 1. The third kappa shape index (κ3) is 6.86. The molecule has 0 saturated carbocycles. The highest BCUT2D eigenvalue weighted by Crippen LogP contribution is 2.21. The standard InChI is InChI=1S/C23H28Cl2N2O3/c1-23(24,25)16-30-21(28)10-5-13-27-14-11-18(12-15-27)26-22(29)20-9-4-7-17-6-2-3-8-19(17)20/h2-4,6-9,18H,5,10-16H2,1H3,(H,26,29). The first kappa shape index (κ1) is 22.9. The molecule has 5 nitrogen and oxygen atoms in total. The van der Waals surface area contributed by atoms with Crippen molar-refractivity contribution in [2.24, 2.45) is 0 Å². The summed E-state index contributed by atoms with van der Waals surface area (Å²) in [5.74, 6) is -0.293. The lowest BCUT2D eigenvalue weighted by atomic mass is 10.0. The summed E-state index contributed by atoms with van der Waals surface area (Å²) in [4.78, 5) is 26.8. The Morgan fingerprint density at radius 3 is 2.57 bits per heavy atom. The number of piperidine rings is 1. The number of hydrogen-bond acceptors (Lipinski definition) is 4. The molecule has 2 aromatic rings. The van der Waals surface area contributed by atoms with E-state index in [2.05, 4.69) is 10.2 Å². The van der Waals surface area contributed by atoms with Crippen LogP contribution in [0.2, 0.25) is 0 Å². The summed E-state index contributed by atoms with van der Waals surface area (Å²) >= 11 is 11.6. The van der Waals surface area contributed by atoms with Crippen LogP contribution in [-0.2, 0) is 9.53 Å². The van der Waals surface area contributed by atoms with Crippen molar-refractivity contribution in [2.75, 3.05) is 26.2 Å². The normalized spacial score (nSPS) is 15.8. The fourth-order valence-electron chi connectivity index (χ4n) is 3.71. The van der Waals surface area contributed by atoms with Crippen molar-refractivity contribution < 1.29 is 14.3 Å². The SMILES string of the molecule is CC(Cl)(Cl)COC(=O)CCCN1CCC(NC(=O)c2cccc3ccccc23)CC1. The summed E-state index contributed by atoms with van der Waals surface area (Å²) in [7, 11) is 0. The molecular weight excluding hydrogens is 423 g/mol. The first-order valence-electron chi connectivity index (χ1n) is 10.4. The highest BCUT2D eigenvalue weighted by atomic mass is 35.5. The van der Waals surface area contributed by atoms with Gasteiger partial charge in [0.25, 0.3) is 5.91 Å². The Balaban J connectivity index is 1.39. The number of nitrogens with one attached hydrogen (secondary N) is 1. The monoisotopic (exact) mass is 450 g/mol. The van der Waals surface area contributed by atoms with Crippen LogP contribution in [0.25, 0.3) is 10.8 Å². The molecule has 1 amide bonds. The number of amides is 1. The van der Waals surface area contributed by atoms with Crippen molar-refractivity contribution in [1.82, 2.24) is 10.2 Å². The van der Waals surface area contributed by atoms with Crippen molar-refractivity contribution in [3.05, 3.63) is 48.0 Å². The molecule has 0 aliphatic carbocycles. The van der Waals surface area contributed by atoms with Gasteiger partial charge in [0.2, 0.25) is 0 Å². The van der Waals surface area contributed by atoms with E-state index in [1.165, 1.54) is 0 Å². The lowest BCUT2D eigenvalue weighted by Crippen LogP contribution is -2.44. The highest BCUT2D eigenvalue weighted by Gasteiger charge is 2.22. The van der Waals surface area contributed by atoms with Crippen LogP contribution < -0.4 is 5.32 Å². The maximum atomic E-state index is 12.8. The summed E-state index contributed by atoms with van der Waals surface area (Å²) in [5, 5.41) is 5.24. The van der Waals surface area contributed by atoms with E-state index >= 15 is 0 Å². The number of carbonyl (C=O) groups excluding carboxylic acids is 2. The zero-order valence-electron chi connectivity index (χ0n) is 17.2. The quantitative estimate of drug-likeness (QED) is 0.473. The second-order valence-electron chi connectivity index (χ2n) is 7.95. The Labute approximate surface area is 187 Å². The minimum atomic E-state index is -1.05. The van der Waals surface area contributed by atoms with Gasteiger partial charge in [-0.3, -0.25) is 9.59 Å². The fraction of sp³-hybridized carbons (Fsp3) is 0.478. The molecule has 0 aromatic heterocycles. The van der Waals surface area contributed by atoms with Gasteiger partial charge in [0, 0.05) is 31.1 Å². The zero-order chi connectivity index (χ0) is 21.6. The molecule has 0 unspecified atom stereocenters. The van der Waals surface area contributed by atoms with Crippen molar-refractivity contribution in [2.45, 2.75) is 43.0 Å². The van der Waals surface area contributed by atoms with Crippen molar-refractivity contribution >= 4 is 45.9 Å². The number of fused-ring (bicyclic) bond motifs is 1. The second-order valence-corrected chi connectivity index (χ2v) is 9.81. The second kappa shape index (κ2) is 10.5. The average Bonchev–Trinajstić information content (AvgIpc) is 2.72. The Kier molecular flexibility index (Phi) is 7.98. The number of nitrogens with zero attached hydrogens (tertiary/aromatic N) is 1. The summed E-state index contributed by atoms with van der Waals surface area (Å²) in [6.45, 7) is 4.22. The molecule has 3 rings (SSSR count). The molecule has 0 bridgehead atoms. The third-order valence-corrected chi connectivity index (χ3v) is 5.52. The Morgan fingerprint density at radius 2 is 1.83 bits per heavy atom. The Morgan fingerprint density at radius 1 is 1.13 bits per heavy atom. The van der Waals surface area contributed by atoms with Crippen LogP contribution in [0.5, 0.6) is 0 Å². The van der Waals surface area contributed by atoms with Crippen molar-refractivity contribution in [1.29, 1.82) is 0 Å².